The van der Waals surface area contributed by atoms with Gasteiger partial charge < -0.3 is 14.7 Å². The first-order valence-corrected chi connectivity index (χ1v) is 7.40. The Morgan fingerprint density at radius 2 is 2.14 bits per heavy atom. The predicted octanol–water partition coefficient (Wildman–Crippen LogP) is 0.140. The van der Waals surface area contributed by atoms with Crippen LogP contribution in [-0.4, -0.2) is 60.9 Å². The van der Waals surface area contributed by atoms with Gasteiger partial charge in [0, 0.05) is 44.7 Å². The third kappa shape index (κ3) is 3.00. The van der Waals surface area contributed by atoms with Crippen molar-refractivity contribution in [2.45, 2.75) is 13.0 Å². The number of hydrogen-bond donors (Lipinski definition) is 1. The lowest BCUT2D eigenvalue weighted by molar-refractivity contribution is 0.109. The molecular weight excluding hydrogens is 268 g/mol. The third-order valence-electron chi connectivity index (χ3n) is 4.12. The van der Waals surface area contributed by atoms with Crippen LogP contribution in [-0.2, 0) is 17.8 Å². The van der Waals surface area contributed by atoms with E-state index in [-0.39, 0.29) is 6.61 Å². The number of aliphatic hydroxyl groups is 1. The Balaban J connectivity index is 1.80. The van der Waals surface area contributed by atoms with E-state index in [1.54, 1.807) is 0 Å². The molecule has 0 amide bonds. The van der Waals surface area contributed by atoms with Gasteiger partial charge in [0.1, 0.15) is 11.9 Å². The van der Waals surface area contributed by atoms with E-state index in [0.29, 0.717) is 25.3 Å². The summed E-state index contributed by atoms with van der Waals surface area (Å²) >= 11 is 0. The quantitative estimate of drug-likeness (QED) is 0.853. The van der Waals surface area contributed by atoms with Gasteiger partial charge in [-0.1, -0.05) is 0 Å². The molecule has 0 atom stereocenters. The minimum Gasteiger partial charge on any atom is -0.395 e. The number of β-amino-alcohol motifs (C(OH)–C–C–N with tert-alkyl or cyclic N) is 1. The van der Waals surface area contributed by atoms with Crippen LogP contribution in [0.3, 0.4) is 0 Å². The monoisotopic (exact) mass is 288 g/mol. The first-order valence-electron chi connectivity index (χ1n) is 7.40. The SMILES string of the molecule is N#Cc1cc2c(nc1N1CCN(CCO)CC1)CCOC2. The molecule has 3 rings (SSSR count). The smallest absolute Gasteiger partial charge is 0.146 e. The second-order valence-corrected chi connectivity index (χ2v) is 5.43. The van der Waals surface area contributed by atoms with Gasteiger partial charge in [0.2, 0.25) is 0 Å². The number of aliphatic hydroxyl groups excluding tert-OH is 1. The number of anilines is 1. The highest BCUT2D eigenvalue weighted by Gasteiger charge is 2.22. The molecule has 0 unspecified atom stereocenters. The Kier molecular flexibility index (Phi) is 4.34. The predicted molar refractivity (Wildman–Crippen MR) is 78.1 cm³/mol. The molecule has 1 fully saturated rings. The van der Waals surface area contributed by atoms with Gasteiger partial charge in [-0.3, -0.25) is 4.90 Å². The first kappa shape index (κ1) is 14.3. The maximum absolute atomic E-state index is 9.39. The lowest BCUT2D eigenvalue weighted by Crippen LogP contribution is -2.47. The van der Waals surface area contributed by atoms with Crippen molar-refractivity contribution in [3.05, 3.63) is 22.9 Å². The Labute approximate surface area is 124 Å². The van der Waals surface area contributed by atoms with E-state index in [2.05, 4.69) is 15.9 Å². The zero-order valence-electron chi connectivity index (χ0n) is 12.1. The molecule has 0 radical (unpaired) electrons. The van der Waals surface area contributed by atoms with E-state index in [0.717, 1.165) is 49.7 Å². The standard InChI is InChI=1S/C15H20N4O2/c16-10-12-9-13-11-21-8-1-14(13)17-15(12)19-4-2-18(3-5-19)6-7-20/h9,20H,1-8,11H2. The van der Waals surface area contributed by atoms with Crippen molar-refractivity contribution in [1.82, 2.24) is 9.88 Å². The van der Waals surface area contributed by atoms with Gasteiger partial charge in [-0.2, -0.15) is 5.26 Å². The van der Waals surface area contributed by atoms with Crippen molar-refractivity contribution in [2.24, 2.45) is 0 Å². The molecule has 1 aromatic rings. The van der Waals surface area contributed by atoms with Crippen LogP contribution >= 0.6 is 0 Å². The van der Waals surface area contributed by atoms with Crippen molar-refractivity contribution in [3.63, 3.8) is 0 Å². The van der Waals surface area contributed by atoms with Crippen molar-refractivity contribution in [3.8, 4) is 6.07 Å². The van der Waals surface area contributed by atoms with Gasteiger partial charge in [-0.05, 0) is 6.07 Å². The second-order valence-electron chi connectivity index (χ2n) is 5.43. The van der Waals surface area contributed by atoms with Crippen molar-refractivity contribution < 1.29 is 9.84 Å². The Bertz CT molecular complexity index is 547. The molecule has 0 bridgehead atoms. The summed E-state index contributed by atoms with van der Waals surface area (Å²) in [6, 6.07) is 4.19. The molecule has 112 valence electrons. The Morgan fingerprint density at radius 3 is 2.86 bits per heavy atom. The summed E-state index contributed by atoms with van der Waals surface area (Å²) in [4.78, 5) is 9.15. The van der Waals surface area contributed by atoms with Crippen LogP contribution < -0.4 is 4.90 Å². The summed E-state index contributed by atoms with van der Waals surface area (Å²) < 4.78 is 5.43. The maximum atomic E-state index is 9.39. The average molecular weight is 288 g/mol. The molecule has 0 aromatic carbocycles. The molecule has 1 saturated heterocycles. The third-order valence-corrected chi connectivity index (χ3v) is 4.12. The van der Waals surface area contributed by atoms with E-state index in [4.69, 9.17) is 14.8 Å². The number of hydrogen-bond acceptors (Lipinski definition) is 6. The minimum atomic E-state index is 0.195. The van der Waals surface area contributed by atoms with Crippen molar-refractivity contribution in [2.75, 3.05) is 50.8 Å². The fourth-order valence-corrected chi connectivity index (χ4v) is 2.92. The topological polar surface area (TPSA) is 72.6 Å². The molecule has 2 aliphatic heterocycles. The molecule has 6 heteroatoms. The van der Waals surface area contributed by atoms with E-state index >= 15 is 0 Å². The van der Waals surface area contributed by atoms with Gasteiger partial charge in [-0.25, -0.2) is 4.98 Å². The molecule has 6 nitrogen and oxygen atoms in total. The largest absolute Gasteiger partial charge is 0.395 e. The summed E-state index contributed by atoms with van der Waals surface area (Å²) in [6.07, 6.45) is 0.818. The maximum Gasteiger partial charge on any atom is 0.146 e. The van der Waals surface area contributed by atoms with Crippen molar-refractivity contribution in [1.29, 1.82) is 5.26 Å². The summed E-state index contributed by atoms with van der Waals surface area (Å²) in [5, 5.41) is 18.4. The molecule has 0 saturated carbocycles. The summed E-state index contributed by atoms with van der Waals surface area (Å²) in [5.41, 5.74) is 2.74. The highest BCUT2D eigenvalue weighted by atomic mass is 16.5. The number of piperazine rings is 1. The number of aromatic nitrogens is 1. The highest BCUT2D eigenvalue weighted by molar-refractivity contribution is 5.56. The van der Waals surface area contributed by atoms with Gasteiger partial charge in [0.25, 0.3) is 0 Å². The van der Waals surface area contributed by atoms with E-state index in [1.807, 2.05) is 6.07 Å². The van der Waals surface area contributed by atoms with E-state index in [9.17, 15) is 5.26 Å². The number of rotatable bonds is 3. The normalized spacial score (nSPS) is 19.1. The van der Waals surface area contributed by atoms with Gasteiger partial charge in [-0.15, -0.1) is 0 Å². The van der Waals surface area contributed by atoms with Crippen LogP contribution in [0.2, 0.25) is 0 Å². The molecule has 1 aromatic heterocycles. The summed E-state index contributed by atoms with van der Waals surface area (Å²) in [5.74, 6) is 0.807. The Morgan fingerprint density at radius 1 is 1.33 bits per heavy atom. The van der Waals surface area contributed by atoms with Crippen molar-refractivity contribution >= 4 is 5.82 Å². The molecule has 0 aliphatic carbocycles. The van der Waals surface area contributed by atoms with Crippen LogP contribution in [0.1, 0.15) is 16.8 Å². The Hall–Kier alpha value is -1.68. The number of nitriles is 1. The lowest BCUT2D eigenvalue weighted by Gasteiger charge is -2.35. The van der Waals surface area contributed by atoms with Gasteiger partial charge >= 0.3 is 0 Å². The molecule has 0 spiro atoms. The molecule has 2 aliphatic rings. The number of pyridine rings is 1. The zero-order chi connectivity index (χ0) is 14.7. The summed E-state index contributed by atoms with van der Waals surface area (Å²) in [7, 11) is 0. The second kappa shape index (κ2) is 6.39. The van der Waals surface area contributed by atoms with Gasteiger partial charge in [0.05, 0.1) is 31.1 Å². The lowest BCUT2D eigenvalue weighted by atomic mass is 10.1. The van der Waals surface area contributed by atoms with E-state index < -0.39 is 0 Å². The fraction of sp³-hybridized carbons (Fsp3) is 0.600. The summed E-state index contributed by atoms with van der Waals surface area (Å²) in [6.45, 7) is 5.65. The molecular formula is C15H20N4O2. The van der Waals surface area contributed by atoms with Crippen LogP contribution in [0.15, 0.2) is 6.07 Å². The number of fused-ring (bicyclic) bond motifs is 1. The zero-order valence-corrected chi connectivity index (χ0v) is 12.1. The number of ether oxygens (including phenoxy) is 1. The molecule has 21 heavy (non-hydrogen) atoms. The van der Waals surface area contributed by atoms with Crippen LogP contribution in [0.25, 0.3) is 0 Å². The van der Waals surface area contributed by atoms with Crippen LogP contribution in [0.4, 0.5) is 5.82 Å². The van der Waals surface area contributed by atoms with Gasteiger partial charge in [0.15, 0.2) is 0 Å². The molecule has 3 heterocycles. The number of nitrogens with zero attached hydrogens (tertiary/aromatic N) is 4. The fourth-order valence-electron chi connectivity index (χ4n) is 2.92. The average Bonchev–Trinajstić information content (AvgIpc) is 2.54. The molecule has 1 N–H and O–H groups in total. The minimum absolute atomic E-state index is 0.195. The highest BCUT2D eigenvalue weighted by Crippen LogP contribution is 2.25. The van der Waals surface area contributed by atoms with Crippen LogP contribution in [0.5, 0.6) is 0 Å². The van der Waals surface area contributed by atoms with E-state index in [1.165, 1.54) is 0 Å². The first-order chi connectivity index (χ1) is 10.3. The van der Waals surface area contributed by atoms with Crippen LogP contribution in [0, 0.1) is 11.3 Å².